The SMILES string of the molecule is CCCCCCCC/C=C\CCCCCCCC(=O)OC[C@H](COP(=O)(O)OC[C@@H](O)CO)OC(=O)CCCCCCCCCCCCCCCCCC. The normalized spacial score (nSPS) is 13.9. The molecule has 320 valence electrons. The van der Waals surface area contributed by atoms with Crippen LogP contribution < -0.4 is 0 Å². The lowest BCUT2D eigenvalue weighted by Gasteiger charge is -2.20. The van der Waals surface area contributed by atoms with E-state index in [1.165, 1.54) is 122 Å². The topological polar surface area (TPSA) is 149 Å². The molecule has 11 heteroatoms. The van der Waals surface area contributed by atoms with Crippen LogP contribution in [0.5, 0.6) is 0 Å². The summed E-state index contributed by atoms with van der Waals surface area (Å²) in [6.45, 7) is 2.39. The van der Waals surface area contributed by atoms with Crippen molar-refractivity contribution in [3.63, 3.8) is 0 Å². The summed E-state index contributed by atoms with van der Waals surface area (Å²) in [5, 5.41) is 18.3. The van der Waals surface area contributed by atoms with E-state index in [1.807, 2.05) is 0 Å². The predicted molar refractivity (Wildman–Crippen MR) is 219 cm³/mol. The van der Waals surface area contributed by atoms with Gasteiger partial charge in [0.15, 0.2) is 6.10 Å². The van der Waals surface area contributed by atoms with Crippen LogP contribution in [0, 0.1) is 0 Å². The van der Waals surface area contributed by atoms with Crippen molar-refractivity contribution in [3.05, 3.63) is 12.2 Å². The maximum Gasteiger partial charge on any atom is 0.472 e. The van der Waals surface area contributed by atoms with Crippen LogP contribution in [-0.2, 0) is 32.7 Å². The van der Waals surface area contributed by atoms with E-state index in [-0.39, 0.29) is 19.4 Å². The Morgan fingerprint density at radius 1 is 0.537 bits per heavy atom. The van der Waals surface area contributed by atoms with Crippen molar-refractivity contribution < 1.29 is 47.8 Å². The van der Waals surface area contributed by atoms with Gasteiger partial charge in [-0.1, -0.05) is 174 Å². The van der Waals surface area contributed by atoms with Gasteiger partial charge in [0, 0.05) is 12.8 Å². The zero-order valence-electron chi connectivity index (χ0n) is 34.7. The van der Waals surface area contributed by atoms with E-state index in [0.717, 1.165) is 51.4 Å². The molecule has 0 bridgehead atoms. The van der Waals surface area contributed by atoms with Crippen molar-refractivity contribution in [1.29, 1.82) is 0 Å². The quantitative estimate of drug-likeness (QED) is 0.0236. The monoisotopic (exact) mass is 791 g/mol. The Labute approximate surface area is 330 Å². The number of hydrogen-bond donors (Lipinski definition) is 3. The lowest BCUT2D eigenvalue weighted by Crippen LogP contribution is -2.29. The van der Waals surface area contributed by atoms with Crippen LogP contribution in [0.4, 0.5) is 0 Å². The van der Waals surface area contributed by atoms with E-state index >= 15 is 0 Å². The molecule has 3 N–H and O–H groups in total. The average molecular weight is 791 g/mol. The van der Waals surface area contributed by atoms with Crippen LogP contribution in [0.3, 0.4) is 0 Å². The van der Waals surface area contributed by atoms with Crippen molar-refractivity contribution in [2.75, 3.05) is 26.4 Å². The van der Waals surface area contributed by atoms with Gasteiger partial charge >= 0.3 is 19.8 Å². The van der Waals surface area contributed by atoms with E-state index in [0.29, 0.717) is 12.8 Å². The number of aliphatic hydroxyl groups is 2. The Bertz CT molecular complexity index is 915. The molecule has 0 aromatic heterocycles. The third-order valence-electron chi connectivity index (χ3n) is 9.67. The zero-order valence-corrected chi connectivity index (χ0v) is 35.6. The van der Waals surface area contributed by atoms with Gasteiger partial charge in [-0.05, 0) is 38.5 Å². The van der Waals surface area contributed by atoms with Gasteiger partial charge in [-0.25, -0.2) is 4.57 Å². The molecular weight excluding hydrogens is 707 g/mol. The van der Waals surface area contributed by atoms with Crippen molar-refractivity contribution in [1.82, 2.24) is 0 Å². The van der Waals surface area contributed by atoms with Gasteiger partial charge in [0.1, 0.15) is 12.7 Å². The molecule has 0 aromatic carbocycles. The maximum atomic E-state index is 12.6. The molecule has 54 heavy (non-hydrogen) atoms. The van der Waals surface area contributed by atoms with Crippen molar-refractivity contribution >= 4 is 19.8 Å². The summed E-state index contributed by atoms with van der Waals surface area (Å²) >= 11 is 0. The molecule has 1 unspecified atom stereocenters. The molecule has 0 aliphatic heterocycles. The maximum absolute atomic E-state index is 12.6. The molecular formula is C43H83O10P. The van der Waals surface area contributed by atoms with Gasteiger partial charge in [-0.2, -0.15) is 0 Å². The number of aliphatic hydroxyl groups excluding tert-OH is 2. The second-order valence-electron chi connectivity index (χ2n) is 15.1. The first-order valence-corrected chi connectivity index (χ1v) is 23.6. The van der Waals surface area contributed by atoms with Crippen LogP contribution >= 0.6 is 7.82 Å². The second-order valence-corrected chi connectivity index (χ2v) is 16.5. The highest BCUT2D eigenvalue weighted by molar-refractivity contribution is 7.47. The molecule has 0 heterocycles. The highest BCUT2D eigenvalue weighted by Gasteiger charge is 2.27. The van der Waals surface area contributed by atoms with Crippen LogP contribution in [0.1, 0.15) is 213 Å². The van der Waals surface area contributed by atoms with E-state index in [1.54, 1.807) is 0 Å². The van der Waals surface area contributed by atoms with Gasteiger partial charge in [0.25, 0.3) is 0 Å². The summed E-state index contributed by atoms with van der Waals surface area (Å²) in [6.07, 6.45) is 37.4. The number of rotatable bonds is 42. The molecule has 0 aromatic rings. The number of phosphoric ester groups is 1. The Hall–Kier alpha value is -1.29. The van der Waals surface area contributed by atoms with Crippen LogP contribution in [0.2, 0.25) is 0 Å². The minimum Gasteiger partial charge on any atom is -0.462 e. The lowest BCUT2D eigenvalue weighted by atomic mass is 10.0. The third-order valence-corrected chi connectivity index (χ3v) is 10.6. The Morgan fingerprint density at radius 3 is 1.33 bits per heavy atom. The summed E-state index contributed by atoms with van der Waals surface area (Å²) in [4.78, 5) is 35.0. The number of hydrogen-bond acceptors (Lipinski definition) is 9. The Balaban J connectivity index is 4.27. The molecule has 0 saturated carbocycles. The van der Waals surface area contributed by atoms with Gasteiger partial charge in [-0.15, -0.1) is 0 Å². The third kappa shape index (κ3) is 39.0. The number of ether oxygens (including phenoxy) is 2. The summed E-state index contributed by atoms with van der Waals surface area (Å²) in [6, 6.07) is 0. The number of allylic oxidation sites excluding steroid dienone is 2. The molecule has 0 aliphatic carbocycles. The second kappa shape index (κ2) is 39.9. The summed E-state index contributed by atoms with van der Waals surface area (Å²) in [5.74, 6) is -0.923. The minimum absolute atomic E-state index is 0.188. The van der Waals surface area contributed by atoms with E-state index in [4.69, 9.17) is 23.6 Å². The number of carbonyl (C=O) groups is 2. The van der Waals surface area contributed by atoms with Crippen LogP contribution in [0.15, 0.2) is 12.2 Å². The summed E-state index contributed by atoms with van der Waals surface area (Å²) in [7, 11) is -4.61. The smallest absolute Gasteiger partial charge is 0.462 e. The molecule has 0 spiro atoms. The van der Waals surface area contributed by atoms with Crippen LogP contribution in [-0.4, -0.2) is 65.7 Å². The molecule has 3 atom stereocenters. The van der Waals surface area contributed by atoms with Gasteiger partial charge in [0.2, 0.25) is 0 Å². The van der Waals surface area contributed by atoms with E-state index < -0.39 is 51.8 Å². The van der Waals surface area contributed by atoms with Crippen molar-refractivity contribution in [3.8, 4) is 0 Å². The summed E-state index contributed by atoms with van der Waals surface area (Å²) < 4.78 is 32.7. The highest BCUT2D eigenvalue weighted by atomic mass is 31.2. The number of carbonyl (C=O) groups excluding carboxylic acids is 2. The molecule has 10 nitrogen and oxygen atoms in total. The van der Waals surface area contributed by atoms with Gasteiger partial charge in [-0.3, -0.25) is 18.6 Å². The van der Waals surface area contributed by atoms with E-state index in [9.17, 15) is 24.2 Å². The number of esters is 2. The number of phosphoric acid groups is 1. The Kier molecular flexibility index (Phi) is 39.0. The first kappa shape index (κ1) is 52.7. The fourth-order valence-electron chi connectivity index (χ4n) is 6.22. The van der Waals surface area contributed by atoms with E-state index in [2.05, 4.69) is 26.0 Å². The fraction of sp³-hybridized carbons (Fsp3) is 0.907. The highest BCUT2D eigenvalue weighted by Crippen LogP contribution is 2.43. The molecule has 0 radical (unpaired) electrons. The Morgan fingerprint density at radius 2 is 0.907 bits per heavy atom. The summed E-state index contributed by atoms with van der Waals surface area (Å²) in [5.41, 5.74) is 0. The largest absolute Gasteiger partial charge is 0.472 e. The number of unbranched alkanes of at least 4 members (excludes halogenated alkanes) is 26. The van der Waals surface area contributed by atoms with Crippen molar-refractivity contribution in [2.45, 2.75) is 225 Å². The standard InChI is InChI=1S/C43H83O10P/c1-3-5-7-9-11-13-15-17-19-21-23-25-27-29-31-33-35-43(47)53-41(39-52-54(48,49)51-37-40(45)36-44)38-50-42(46)34-32-30-28-26-24-22-20-18-16-14-12-10-8-6-4-2/h18,20,40-41,44-45H,3-17,19,21-39H2,1-2H3,(H,48,49)/b20-18-/t40-,41+/m0/s1. The van der Waals surface area contributed by atoms with Crippen LogP contribution in [0.25, 0.3) is 0 Å². The first-order chi connectivity index (χ1) is 26.2. The lowest BCUT2D eigenvalue weighted by molar-refractivity contribution is -0.161. The van der Waals surface area contributed by atoms with Gasteiger partial charge < -0.3 is 24.6 Å². The van der Waals surface area contributed by atoms with Gasteiger partial charge in [0.05, 0.1) is 19.8 Å². The molecule has 0 fully saturated rings. The van der Waals surface area contributed by atoms with Crippen molar-refractivity contribution in [2.24, 2.45) is 0 Å². The average Bonchev–Trinajstić information content (AvgIpc) is 3.16. The zero-order chi connectivity index (χ0) is 39.8. The fourth-order valence-corrected chi connectivity index (χ4v) is 7.01. The first-order valence-electron chi connectivity index (χ1n) is 22.1. The molecule has 0 aliphatic rings. The molecule has 0 rings (SSSR count). The predicted octanol–water partition coefficient (Wildman–Crippen LogP) is 11.6. The minimum atomic E-state index is -4.61. The molecule has 0 saturated heterocycles. The molecule has 0 amide bonds.